The SMILES string of the molecule is Cc1nc2sc([C@@H](c3cccc(Cl)c3)[NH+]3CCC(C)CC3)c(O)n2n1. The Kier molecular flexibility index (Phi) is 4.43. The normalized spacial score (nSPS) is 22.4. The van der Waals surface area contributed by atoms with Gasteiger partial charge in [0.25, 0.3) is 0 Å². The quantitative estimate of drug-likeness (QED) is 0.738. The zero-order valence-corrected chi connectivity index (χ0v) is 15.9. The summed E-state index contributed by atoms with van der Waals surface area (Å²) in [4.78, 5) is 7.55. The van der Waals surface area contributed by atoms with Crippen LogP contribution in [0.25, 0.3) is 4.96 Å². The second-order valence-electron chi connectivity index (χ2n) is 6.97. The van der Waals surface area contributed by atoms with Gasteiger partial charge in [0.15, 0.2) is 6.04 Å². The standard InChI is InChI=1S/C18H21ClN4OS/c1-11-6-8-22(9-7-11)15(13-4-3-5-14(19)10-13)16-17(24)23-18(25-16)20-12(2)21-23/h3-5,10-11,15,24H,6-9H2,1-2H3/p+1/t15-/m1/s1. The van der Waals surface area contributed by atoms with E-state index < -0.39 is 0 Å². The minimum atomic E-state index is 0.0556. The third kappa shape index (κ3) is 3.14. The average molecular weight is 378 g/mol. The van der Waals surface area contributed by atoms with Crippen molar-refractivity contribution in [2.24, 2.45) is 5.92 Å². The molecule has 1 aliphatic rings. The van der Waals surface area contributed by atoms with Crippen molar-refractivity contribution in [1.29, 1.82) is 0 Å². The Labute approximate surface area is 155 Å². The number of aryl methyl sites for hydroxylation is 1. The number of nitrogens with zero attached hydrogens (tertiary/aromatic N) is 3. The second-order valence-corrected chi connectivity index (χ2v) is 8.42. The van der Waals surface area contributed by atoms with Crippen LogP contribution in [0.4, 0.5) is 0 Å². The van der Waals surface area contributed by atoms with E-state index in [4.69, 9.17) is 11.6 Å². The Morgan fingerprint density at radius 2 is 2.12 bits per heavy atom. The molecule has 25 heavy (non-hydrogen) atoms. The van der Waals surface area contributed by atoms with Crippen LogP contribution in [0.5, 0.6) is 5.88 Å². The number of hydrogen-bond acceptors (Lipinski definition) is 4. The summed E-state index contributed by atoms with van der Waals surface area (Å²) in [5, 5.41) is 15.9. The highest BCUT2D eigenvalue weighted by Crippen LogP contribution is 2.35. The first-order valence-electron chi connectivity index (χ1n) is 8.68. The molecule has 0 spiro atoms. The Hall–Kier alpha value is -1.63. The lowest BCUT2D eigenvalue weighted by molar-refractivity contribution is -0.931. The van der Waals surface area contributed by atoms with E-state index in [1.807, 2.05) is 25.1 Å². The molecule has 7 heteroatoms. The summed E-state index contributed by atoms with van der Waals surface area (Å²) in [6, 6.07) is 8.04. The fourth-order valence-electron chi connectivity index (χ4n) is 3.72. The average Bonchev–Trinajstić information content (AvgIpc) is 3.08. The number of halogens is 1. The van der Waals surface area contributed by atoms with Crippen LogP contribution in [0.15, 0.2) is 24.3 Å². The van der Waals surface area contributed by atoms with Crippen LogP contribution in [0, 0.1) is 12.8 Å². The zero-order chi connectivity index (χ0) is 17.6. The molecular weight excluding hydrogens is 356 g/mol. The zero-order valence-electron chi connectivity index (χ0n) is 14.4. The molecule has 4 rings (SSSR count). The highest BCUT2D eigenvalue weighted by molar-refractivity contribution is 7.17. The minimum Gasteiger partial charge on any atom is -0.492 e. The van der Waals surface area contributed by atoms with Crippen LogP contribution in [0.3, 0.4) is 0 Å². The van der Waals surface area contributed by atoms with Crippen molar-refractivity contribution < 1.29 is 10.0 Å². The monoisotopic (exact) mass is 377 g/mol. The van der Waals surface area contributed by atoms with Gasteiger partial charge in [0.05, 0.1) is 13.1 Å². The lowest BCUT2D eigenvalue weighted by Gasteiger charge is -2.33. The van der Waals surface area contributed by atoms with Crippen molar-refractivity contribution in [3.8, 4) is 5.88 Å². The summed E-state index contributed by atoms with van der Waals surface area (Å²) in [6.07, 6.45) is 2.40. The van der Waals surface area contributed by atoms with Crippen molar-refractivity contribution in [3.63, 3.8) is 0 Å². The molecule has 0 aliphatic carbocycles. The fourth-order valence-corrected chi connectivity index (χ4v) is 5.10. The van der Waals surface area contributed by atoms with Crippen LogP contribution < -0.4 is 4.90 Å². The molecule has 0 saturated carbocycles. The number of hydrogen-bond donors (Lipinski definition) is 2. The molecule has 0 unspecified atom stereocenters. The molecule has 0 bridgehead atoms. The smallest absolute Gasteiger partial charge is 0.235 e. The van der Waals surface area contributed by atoms with Crippen LogP contribution in [0.2, 0.25) is 5.02 Å². The van der Waals surface area contributed by atoms with Gasteiger partial charge >= 0.3 is 0 Å². The van der Waals surface area contributed by atoms with E-state index in [9.17, 15) is 5.11 Å². The van der Waals surface area contributed by atoms with Crippen molar-refractivity contribution in [3.05, 3.63) is 45.6 Å². The van der Waals surface area contributed by atoms with Gasteiger partial charge in [-0.15, -0.1) is 5.10 Å². The van der Waals surface area contributed by atoms with E-state index in [1.54, 1.807) is 4.52 Å². The highest BCUT2D eigenvalue weighted by Gasteiger charge is 2.34. The summed E-state index contributed by atoms with van der Waals surface area (Å²) in [5.74, 6) is 1.64. The Balaban J connectivity index is 1.81. The van der Waals surface area contributed by atoms with Crippen LogP contribution in [0.1, 0.15) is 42.1 Å². The first-order valence-corrected chi connectivity index (χ1v) is 9.87. The van der Waals surface area contributed by atoms with Crippen molar-refractivity contribution in [2.45, 2.75) is 32.7 Å². The Morgan fingerprint density at radius 3 is 2.80 bits per heavy atom. The van der Waals surface area contributed by atoms with Crippen molar-refractivity contribution in [2.75, 3.05) is 13.1 Å². The van der Waals surface area contributed by atoms with E-state index in [2.05, 4.69) is 23.1 Å². The molecule has 3 heterocycles. The predicted molar refractivity (Wildman–Crippen MR) is 99.7 cm³/mol. The molecule has 2 N–H and O–H groups in total. The molecule has 0 radical (unpaired) electrons. The molecule has 0 amide bonds. The molecule has 2 aromatic heterocycles. The molecule has 3 aromatic rings. The maximum absolute atomic E-state index is 10.8. The minimum absolute atomic E-state index is 0.0556. The van der Waals surface area contributed by atoms with E-state index in [1.165, 1.54) is 29.1 Å². The van der Waals surface area contributed by atoms with Gasteiger partial charge < -0.3 is 10.0 Å². The maximum Gasteiger partial charge on any atom is 0.235 e. The molecule has 1 aromatic carbocycles. The summed E-state index contributed by atoms with van der Waals surface area (Å²) in [7, 11) is 0. The first kappa shape index (κ1) is 16.8. The molecular formula is C18H22ClN4OS+. The van der Waals surface area contributed by atoms with Crippen molar-refractivity contribution in [1.82, 2.24) is 14.6 Å². The molecule has 1 aliphatic heterocycles. The molecule has 1 fully saturated rings. The van der Waals surface area contributed by atoms with Gasteiger partial charge in [-0.05, 0) is 37.8 Å². The number of likely N-dealkylation sites (tertiary alicyclic amines) is 1. The second kappa shape index (κ2) is 6.59. The number of rotatable bonds is 3. The summed E-state index contributed by atoms with van der Waals surface area (Å²) in [5.41, 5.74) is 1.13. The van der Waals surface area contributed by atoms with Gasteiger partial charge in [0.1, 0.15) is 10.7 Å². The van der Waals surface area contributed by atoms with Gasteiger partial charge in [0, 0.05) is 10.6 Å². The molecule has 1 atom stereocenters. The summed E-state index contributed by atoms with van der Waals surface area (Å²) < 4.78 is 1.55. The van der Waals surface area contributed by atoms with E-state index in [-0.39, 0.29) is 11.9 Å². The third-order valence-electron chi connectivity index (χ3n) is 5.07. The lowest BCUT2D eigenvalue weighted by Crippen LogP contribution is -3.13. The summed E-state index contributed by atoms with van der Waals surface area (Å²) in [6.45, 7) is 6.33. The van der Waals surface area contributed by atoms with Crippen LogP contribution in [-0.4, -0.2) is 32.8 Å². The first-order chi connectivity index (χ1) is 12.0. The van der Waals surface area contributed by atoms with Gasteiger partial charge in [-0.3, -0.25) is 0 Å². The topological polar surface area (TPSA) is 54.9 Å². The number of piperidine rings is 1. The highest BCUT2D eigenvalue weighted by atomic mass is 35.5. The predicted octanol–water partition coefficient (Wildman–Crippen LogP) is 2.86. The Bertz CT molecular complexity index is 898. The van der Waals surface area contributed by atoms with Gasteiger partial charge in [-0.2, -0.15) is 4.52 Å². The van der Waals surface area contributed by atoms with Crippen LogP contribution in [-0.2, 0) is 0 Å². The molecule has 1 saturated heterocycles. The van der Waals surface area contributed by atoms with Gasteiger partial charge in [0.2, 0.25) is 10.8 Å². The van der Waals surface area contributed by atoms with Gasteiger partial charge in [-0.1, -0.05) is 42.0 Å². The van der Waals surface area contributed by atoms with Crippen LogP contribution >= 0.6 is 22.9 Å². The summed E-state index contributed by atoms with van der Waals surface area (Å²) >= 11 is 7.78. The van der Waals surface area contributed by atoms with Gasteiger partial charge in [-0.25, -0.2) is 4.98 Å². The lowest BCUT2D eigenvalue weighted by atomic mass is 9.95. The number of quaternary nitrogens is 1. The van der Waals surface area contributed by atoms with Crippen molar-refractivity contribution >= 4 is 27.9 Å². The molecule has 5 nitrogen and oxygen atoms in total. The number of fused-ring (bicyclic) bond motifs is 1. The number of thiazole rings is 1. The largest absolute Gasteiger partial charge is 0.492 e. The third-order valence-corrected chi connectivity index (χ3v) is 6.39. The number of aromatic hydroxyl groups is 1. The van der Waals surface area contributed by atoms with E-state index in [0.717, 1.165) is 39.4 Å². The molecule has 132 valence electrons. The van der Waals surface area contributed by atoms with E-state index in [0.29, 0.717) is 5.82 Å². The number of aromatic nitrogens is 3. The maximum atomic E-state index is 10.8. The Morgan fingerprint density at radius 1 is 1.36 bits per heavy atom. The fraction of sp³-hybridized carbons (Fsp3) is 0.444. The number of benzene rings is 1. The number of nitrogens with one attached hydrogen (secondary N) is 1. The van der Waals surface area contributed by atoms with E-state index >= 15 is 0 Å².